The van der Waals surface area contributed by atoms with Crippen LogP contribution < -0.4 is 0 Å². The van der Waals surface area contributed by atoms with Crippen molar-refractivity contribution in [1.82, 2.24) is 0 Å². The van der Waals surface area contributed by atoms with Crippen LogP contribution in [0.5, 0.6) is 0 Å². The highest BCUT2D eigenvalue weighted by Crippen LogP contribution is 2.34. The Morgan fingerprint density at radius 2 is 2.11 bits per heavy atom. The van der Waals surface area contributed by atoms with Gasteiger partial charge in [0.15, 0.2) is 0 Å². The quantitative estimate of drug-likeness (QED) is 0.606. The number of hydrogen-bond acceptors (Lipinski definition) is 3. The minimum atomic E-state index is -4.49. The van der Waals surface area contributed by atoms with Crippen LogP contribution in [-0.4, -0.2) is 19.5 Å². The fourth-order valence-electron chi connectivity index (χ4n) is 1.34. The Kier molecular flexibility index (Phi) is 5.51. The molecule has 0 heterocycles. The average molecular weight is 275 g/mol. The van der Waals surface area contributed by atoms with E-state index in [0.29, 0.717) is 17.3 Å². The normalized spacial score (nSPS) is 11.3. The molecule has 1 aromatic carbocycles. The van der Waals surface area contributed by atoms with E-state index in [0.717, 1.165) is 12.5 Å². The van der Waals surface area contributed by atoms with Gasteiger partial charge in [0.25, 0.3) is 0 Å². The molecule has 0 saturated carbocycles. The van der Waals surface area contributed by atoms with E-state index in [1.807, 2.05) is 0 Å². The highest BCUT2D eigenvalue weighted by Gasteiger charge is 2.33. The van der Waals surface area contributed by atoms with Crippen LogP contribution in [0.4, 0.5) is 13.2 Å². The maximum atomic E-state index is 12.7. The van der Waals surface area contributed by atoms with Crippen LogP contribution >= 0.6 is 11.8 Å². The molecule has 0 amide bonds. The molecule has 6 heteroatoms. The van der Waals surface area contributed by atoms with Gasteiger partial charge in [-0.05, 0) is 24.6 Å². The third-order valence-corrected chi connectivity index (χ3v) is 3.26. The number of halogens is 3. The standard InChI is InChI=1S/C12H12F3NOS/c1-17-5-2-6-18-10-4-3-9(8-16)11(7-10)12(13,14)15/h3-4,7H,2,5-6H2,1H3. The number of benzene rings is 1. The van der Waals surface area contributed by atoms with Crippen molar-refractivity contribution in [2.24, 2.45) is 0 Å². The second-order valence-electron chi connectivity index (χ2n) is 3.51. The molecule has 1 aromatic rings. The van der Waals surface area contributed by atoms with Crippen molar-refractivity contribution >= 4 is 11.8 Å². The summed E-state index contributed by atoms with van der Waals surface area (Å²) in [6.07, 6.45) is -3.73. The number of hydrogen-bond donors (Lipinski definition) is 0. The second-order valence-corrected chi connectivity index (χ2v) is 4.68. The lowest BCUT2D eigenvalue weighted by Crippen LogP contribution is -2.07. The van der Waals surface area contributed by atoms with Gasteiger partial charge in [0.2, 0.25) is 0 Å². The molecule has 1 rings (SSSR count). The molecule has 2 nitrogen and oxygen atoms in total. The smallest absolute Gasteiger partial charge is 0.385 e. The number of rotatable bonds is 5. The molecule has 0 aromatic heterocycles. The lowest BCUT2D eigenvalue weighted by Gasteiger charge is -2.10. The van der Waals surface area contributed by atoms with E-state index in [9.17, 15) is 13.2 Å². The van der Waals surface area contributed by atoms with E-state index >= 15 is 0 Å². The first kappa shape index (κ1) is 14.9. The third kappa shape index (κ3) is 4.24. The van der Waals surface area contributed by atoms with Crippen molar-refractivity contribution in [2.45, 2.75) is 17.5 Å². The first-order valence-electron chi connectivity index (χ1n) is 5.22. The van der Waals surface area contributed by atoms with Crippen LogP contribution in [0.15, 0.2) is 23.1 Å². The molecular weight excluding hydrogens is 263 g/mol. The molecule has 0 atom stereocenters. The predicted octanol–water partition coefficient (Wildman–Crippen LogP) is 3.71. The van der Waals surface area contributed by atoms with Gasteiger partial charge in [-0.25, -0.2) is 0 Å². The number of alkyl halides is 3. The van der Waals surface area contributed by atoms with Gasteiger partial charge in [0.1, 0.15) is 0 Å². The van der Waals surface area contributed by atoms with Gasteiger partial charge in [-0.3, -0.25) is 0 Å². The number of nitrogens with zero attached hydrogens (tertiary/aromatic N) is 1. The van der Waals surface area contributed by atoms with E-state index in [1.165, 1.54) is 23.9 Å². The highest BCUT2D eigenvalue weighted by atomic mass is 32.2. The van der Waals surface area contributed by atoms with Gasteiger partial charge in [0, 0.05) is 24.4 Å². The van der Waals surface area contributed by atoms with Gasteiger partial charge in [-0.1, -0.05) is 0 Å². The van der Waals surface area contributed by atoms with Crippen molar-refractivity contribution in [3.63, 3.8) is 0 Å². The number of nitriles is 1. The third-order valence-electron chi connectivity index (χ3n) is 2.18. The van der Waals surface area contributed by atoms with Crippen molar-refractivity contribution in [2.75, 3.05) is 19.5 Å². The largest absolute Gasteiger partial charge is 0.417 e. The predicted molar refractivity (Wildman–Crippen MR) is 63.4 cm³/mol. The molecule has 0 fully saturated rings. The Morgan fingerprint density at radius 3 is 2.67 bits per heavy atom. The minimum Gasteiger partial charge on any atom is -0.385 e. The Balaban J connectivity index is 2.81. The lowest BCUT2D eigenvalue weighted by atomic mass is 10.1. The monoisotopic (exact) mass is 275 g/mol. The average Bonchev–Trinajstić information content (AvgIpc) is 2.33. The molecule has 0 radical (unpaired) electrons. The van der Waals surface area contributed by atoms with Crippen LogP contribution in [0, 0.1) is 11.3 Å². The van der Waals surface area contributed by atoms with Crippen LogP contribution in [0.2, 0.25) is 0 Å². The Labute approximate surface area is 108 Å². The maximum Gasteiger partial charge on any atom is 0.417 e. The van der Waals surface area contributed by atoms with E-state index < -0.39 is 11.7 Å². The van der Waals surface area contributed by atoms with Gasteiger partial charge >= 0.3 is 6.18 Å². The Bertz CT molecular complexity index is 440. The number of thioether (sulfide) groups is 1. The summed E-state index contributed by atoms with van der Waals surface area (Å²) in [5.74, 6) is 0.678. The van der Waals surface area contributed by atoms with E-state index in [1.54, 1.807) is 13.2 Å². The van der Waals surface area contributed by atoms with Crippen molar-refractivity contribution in [1.29, 1.82) is 5.26 Å². The van der Waals surface area contributed by atoms with Crippen molar-refractivity contribution < 1.29 is 17.9 Å². The summed E-state index contributed by atoms with van der Waals surface area (Å²) in [6.45, 7) is 0.579. The fraction of sp³-hybridized carbons (Fsp3) is 0.417. The van der Waals surface area contributed by atoms with Crippen LogP contribution in [0.1, 0.15) is 17.5 Å². The van der Waals surface area contributed by atoms with Gasteiger partial charge in [0.05, 0.1) is 17.2 Å². The zero-order valence-electron chi connectivity index (χ0n) is 9.75. The molecule has 18 heavy (non-hydrogen) atoms. The van der Waals surface area contributed by atoms with Gasteiger partial charge in [-0.2, -0.15) is 18.4 Å². The maximum absolute atomic E-state index is 12.7. The minimum absolute atomic E-state index is 0.344. The summed E-state index contributed by atoms with van der Waals surface area (Å²) in [5.41, 5.74) is -1.22. The Hall–Kier alpha value is -1.19. The van der Waals surface area contributed by atoms with Crippen molar-refractivity contribution in [3.8, 4) is 6.07 Å². The molecule has 0 saturated heterocycles. The first-order valence-corrected chi connectivity index (χ1v) is 6.20. The summed E-state index contributed by atoms with van der Waals surface area (Å²) < 4.78 is 42.9. The second kappa shape index (κ2) is 6.66. The molecule has 0 bridgehead atoms. The van der Waals surface area contributed by atoms with E-state index in [2.05, 4.69) is 0 Å². The summed E-state index contributed by atoms with van der Waals surface area (Å²) in [5, 5.41) is 8.65. The summed E-state index contributed by atoms with van der Waals surface area (Å²) in [6, 6.07) is 5.32. The fourth-order valence-corrected chi connectivity index (χ4v) is 2.20. The number of methoxy groups -OCH3 is 1. The highest BCUT2D eigenvalue weighted by molar-refractivity contribution is 7.99. The van der Waals surface area contributed by atoms with E-state index in [4.69, 9.17) is 10.00 Å². The van der Waals surface area contributed by atoms with E-state index in [-0.39, 0.29) is 5.56 Å². The Morgan fingerprint density at radius 1 is 1.39 bits per heavy atom. The molecule has 0 N–H and O–H groups in total. The molecule has 0 spiro atoms. The van der Waals surface area contributed by atoms with Gasteiger partial charge in [-0.15, -0.1) is 11.8 Å². The molecular formula is C12H12F3NOS. The zero-order chi connectivity index (χ0) is 13.6. The van der Waals surface area contributed by atoms with Crippen LogP contribution in [0.3, 0.4) is 0 Å². The van der Waals surface area contributed by atoms with Gasteiger partial charge < -0.3 is 4.74 Å². The molecule has 0 aliphatic rings. The summed E-state index contributed by atoms with van der Waals surface area (Å²) >= 11 is 1.32. The SMILES string of the molecule is COCCCSc1ccc(C#N)c(C(F)(F)F)c1. The molecule has 98 valence electrons. The molecule has 0 unspecified atom stereocenters. The van der Waals surface area contributed by atoms with Crippen molar-refractivity contribution in [3.05, 3.63) is 29.3 Å². The number of ether oxygens (including phenoxy) is 1. The zero-order valence-corrected chi connectivity index (χ0v) is 10.6. The van der Waals surface area contributed by atoms with Crippen LogP contribution in [-0.2, 0) is 10.9 Å². The topological polar surface area (TPSA) is 33.0 Å². The summed E-state index contributed by atoms with van der Waals surface area (Å²) in [7, 11) is 1.58. The lowest BCUT2D eigenvalue weighted by molar-refractivity contribution is -0.137. The molecule has 0 aliphatic heterocycles. The first-order chi connectivity index (χ1) is 8.49. The molecule has 0 aliphatic carbocycles. The summed E-state index contributed by atoms with van der Waals surface area (Å²) in [4.78, 5) is 0.512. The van der Waals surface area contributed by atoms with Crippen LogP contribution in [0.25, 0.3) is 0 Å².